The van der Waals surface area contributed by atoms with Gasteiger partial charge in [-0.1, -0.05) is 54.1 Å². The number of hydrogen-bond donors (Lipinski definition) is 1. The molecule has 0 unspecified atom stereocenters. The van der Waals surface area contributed by atoms with E-state index >= 15 is 0 Å². The fraction of sp³-hybridized carbons (Fsp3) is 0.154. The molecule has 0 saturated heterocycles. The summed E-state index contributed by atoms with van der Waals surface area (Å²) in [6.45, 7) is 7.84. The molecule has 0 saturated carbocycles. The Morgan fingerprint density at radius 3 is 2.13 bits per heavy atom. The van der Waals surface area contributed by atoms with Gasteiger partial charge in [-0.25, -0.2) is 4.90 Å². The van der Waals surface area contributed by atoms with E-state index in [2.05, 4.69) is 5.32 Å². The lowest BCUT2D eigenvalue weighted by atomic mass is 9.99. The molecule has 0 spiro atoms. The molecular weight excluding hydrogens is 408 g/mol. The Bertz CT molecular complexity index is 1260. The first-order valence-electron chi connectivity index (χ1n) is 10.1. The lowest BCUT2D eigenvalue weighted by Gasteiger charge is -2.16. The minimum Gasteiger partial charge on any atom is -0.350 e. The second-order valence-corrected chi connectivity index (χ2v) is 8.28. The van der Waals surface area contributed by atoms with Crippen LogP contribution in [0.1, 0.15) is 27.8 Å². The van der Waals surface area contributed by atoms with Crippen LogP contribution in [0.25, 0.3) is 5.57 Å². The highest BCUT2D eigenvalue weighted by Gasteiger charge is 2.40. The summed E-state index contributed by atoms with van der Waals surface area (Å²) >= 11 is 6.29. The van der Waals surface area contributed by atoms with Crippen molar-refractivity contribution in [2.24, 2.45) is 0 Å². The minimum atomic E-state index is -0.401. The fourth-order valence-electron chi connectivity index (χ4n) is 3.61. The Labute approximate surface area is 187 Å². The van der Waals surface area contributed by atoms with Gasteiger partial charge in [-0.2, -0.15) is 0 Å². The van der Waals surface area contributed by atoms with Gasteiger partial charge >= 0.3 is 0 Å². The quantitative estimate of drug-likeness (QED) is 0.518. The number of imide groups is 1. The Hall–Kier alpha value is -3.37. The maximum Gasteiger partial charge on any atom is 0.282 e. The number of para-hydroxylation sites is 1. The van der Waals surface area contributed by atoms with E-state index in [1.54, 1.807) is 18.2 Å². The number of aryl methyl sites for hydroxylation is 4. The van der Waals surface area contributed by atoms with Crippen LogP contribution in [0.15, 0.2) is 66.4 Å². The average molecular weight is 431 g/mol. The molecule has 2 amide bonds. The molecule has 1 heterocycles. The normalized spacial score (nSPS) is 13.9. The summed E-state index contributed by atoms with van der Waals surface area (Å²) in [5.74, 6) is -0.773. The van der Waals surface area contributed by atoms with Crippen LogP contribution in [0.2, 0.25) is 5.02 Å². The van der Waals surface area contributed by atoms with Gasteiger partial charge in [0, 0.05) is 10.7 Å². The van der Waals surface area contributed by atoms with Crippen LogP contribution in [0.3, 0.4) is 0 Å². The second-order valence-electron chi connectivity index (χ2n) is 7.87. The number of anilines is 2. The molecule has 5 heteroatoms. The summed E-state index contributed by atoms with van der Waals surface area (Å²) in [5.41, 5.74) is 6.59. The monoisotopic (exact) mass is 430 g/mol. The number of hydrogen-bond acceptors (Lipinski definition) is 3. The van der Waals surface area contributed by atoms with Gasteiger partial charge in [0.25, 0.3) is 11.8 Å². The third-order valence-corrected chi connectivity index (χ3v) is 6.11. The van der Waals surface area contributed by atoms with E-state index in [1.165, 1.54) is 4.90 Å². The van der Waals surface area contributed by atoms with E-state index in [0.717, 1.165) is 27.9 Å². The van der Waals surface area contributed by atoms with Gasteiger partial charge in [0.1, 0.15) is 5.70 Å². The lowest BCUT2D eigenvalue weighted by molar-refractivity contribution is -0.120. The van der Waals surface area contributed by atoms with Crippen molar-refractivity contribution >= 4 is 40.4 Å². The molecule has 31 heavy (non-hydrogen) atoms. The van der Waals surface area contributed by atoms with Crippen molar-refractivity contribution < 1.29 is 9.59 Å². The van der Waals surface area contributed by atoms with E-state index in [4.69, 9.17) is 11.6 Å². The fourth-order valence-corrected chi connectivity index (χ4v) is 3.79. The van der Waals surface area contributed by atoms with Crippen molar-refractivity contribution in [2.75, 3.05) is 10.2 Å². The van der Waals surface area contributed by atoms with Crippen LogP contribution in [-0.4, -0.2) is 11.8 Å². The highest BCUT2D eigenvalue weighted by molar-refractivity contribution is 6.46. The van der Waals surface area contributed by atoms with Crippen molar-refractivity contribution in [3.8, 4) is 0 Å². The molecule has 4 nitrogen and oxygen atoms in total. The van der Waals surface area contributed by atoms with Gasteiger partial charge in [-0.05, 0) is 73.7 Å². The zero-order valence-corrected chi connectivity index (χ0v) is 18.7. The molecule has 0 radical (unpaired) electrons. The van der Waals surface area contributed by atoms with Gasteiger partial charge in [-0.3, -0.25) is 9.59 Å². The van der Waals surface area contributed by atoms with E-state index in [0.29, 0.717) is 21.8 Å². The molecule has 3 aromatic carbocycles. The van der Waals surface area contributed by atoms with E-state index in [9.17, 15) is 9.59 Å². The Morgan fingerprint density at radius 1 is 0.742 bits per heavy atom. The van der Waals surface area contributed by atoms with Gasteiger partial charge in [0.15, 0.2) is 0 Å². The Morgan fingerprint density at radius 2 is 1.45 bits per heavy atom. The second kappa shape index (κ2) is 8.05. The van der Waals surface area contributed by atoms with Crippen LogP contribution in [0.5, 0.6) is 0 Å². The average Bonchev–Trinajstić information content (AvgIpc) is 2.98. The number of rotatable bonds is 4. The molecule has 0 aliphatic carbocycles. The summed E-state index contributed by atoms with van der Waals surface area (Å²) in [7, 11) is 0. The number of carbonyl (C=O) groups is 2. The van der Waals surface area contributed by atoms with Gasteiger partial charge in [0.2, 0.25) is 0 Å². The molecule has 0 atom stereocenters. The van der Waals surface area contributed by atoms with Gasteiger partial charge < -0.3 is 5.32 Å². The lowest BCUT2D eigenvalue weighted by Crippen LogP contribution is -2.32. The zero-order chi connectivity index (χ0) is 22.3. The minimum absolute atomic E-state index is 0.263. The summed E-state index contributed by atoms with van der Waals surface area (Å²) in [4.78, 5) is 28.3. The van der Waals surface area contributed by atoms with Gasteiger partial charge in [0.05, 0.1) is 11.3 Å². The molecule has 1 aliphatic rings. The molecule has 0 fully saturated rings. The number of benzene rings is 3. The van der Waals surface area contributed by atoms with Crippen molar-refractivity contribution in [1.82, 2.24) is 0 Å². The van der Waals surface area contributed by atoms with Crippen molar-refractivity contribution in [3.05, 3.63) is 99.2 Å². The first kappa shape index (κ1) is 20.9. The first-order chi connectivity index (χ1) is 14.8. The number of halogens is 1. The number of amides is 2. The molecular formula is C26H23ClN2O2. The van der Waals surface area contributed by atoms with Crippen LogP contribution in [0.4, 0.5) is 11.4 Å². The predicted octanol–water partition coefficient (Wildman–Crippen LogP) is 5.97. The third kappa shape index (κ3) is 3.75. The molecule has 156 valence electrons. The van der Waals surface area contributed by atoms with Crippen molar-refractivity contribution in [3.63, 3.8) is 0 Å². The molecule has 3 aromatic rings. The summed E-state index contributed by atoms with van der Waals surface area (Å²) < 4.78 is 0. The maximum atomic E-state index is 13.6. The van der Waals surface area contributed by atoms with Crippen LogP contribution < -0.4 is 10.2 Å². The number of carbonyl (C=O) groups excluding carboxylic acids is 2. The Kier molecular flexibility index (Phi) is 5.42. The zero-order valence-electron chi connectivity index (χ0n) is 17.9. The van der Waals surface area contributed by atoms with Crippen molar-refractivity contribution in [1.29, 1.82) is 0 Å². The van der Waals surface area contributed by atoms with Crippen molar-refractivity contribution in [2.45, 2.75) is 27.7 Å². The first-order valence-corrected chi connectivity index (χ1v) is 10.4. The topological polar surface area (TPSA) is 49.4 Å². The van der Waals surface area contributed by atoms with Crippen LogP contribution in [-0.2, 0) is 9.59 Å². The Balaban J connectivity index is 1.87. The predicted molar refractivity (Wildman–Crippen MR) is 126 cm³/mol. The molecule has 1 N–H and O–H groups in total. The maximum absolute atomic E-state index is 13.6. The van der Waals surface area contributed by atoms with E-state index in [1.807, 2.05) is 70.2 Å². The number of nitrogens with zero attached hydrogens (tertiary/aromatic N) is 1. The summed E-state index contributed by atoms with van der Waals surface area (Å²) in [5, 5.41) is 3.74. The van der Waals surface area contributed by atoms with Gasteiger partial charge in [-0.15, -0.1) is 0 Å². The van der Waals surface area contributed by atoms with E-state index in [-0.39, 0.29) is 11.6 Å². The largest absolute Gasteiger partial charge is 0.350 e. The summed E-state index contributed by atoms with van der Waals surface area (Å²) in [6, 6.07) is 18.7. The highest BCUT2D eigenvalue weighted by atomic mass is 35.5. The SMILES string of the molecule is Cc1ccc(C2=C(Nc3ccccc3C)C(=O)N(c3ccc(C)c(Cl)c3)C2=O)cc1C. The van der Waals surface area contributed by atoms with Crippen LogP contribution >= 0.6 is 11.6 Å². The molecule has 0 bridgehead atoms. The smallest absolute Gasteiger partial charge is 0.282 e. The van der Waals surface area contributed by atoms with E-state index < -0.39 is 5.91 Å². The highest BCUT2D eigenvalue weighted by Crippen LogP contribution is 2.36. The number of nitrogens with one attached hydrogen (secondary N) is 1. The molecule has 0 aromatic heterocycles. The summed E-state index contributed by atoms with van der Waals surface area (Å²) in [6.07, 6.45) is 0. The third-order valence-electron chi connectivity index (χ3n) is 5.70. The molecule has 1 aliphatic heterocycles. The van der Waals surface area contributed by atoms with Crippen LogP contribution in [0, 0.1) is 27.7 Å². The molecule has 4 rings (SSSR count). The standard InChI is InChI=1S/C26H23ClN2O2/c1-15-9-11-19(13-18(15)4)23-24(28-22-8-6-5-7-17(22)3)26(31)29(25(23)30)20-12-10-16(2)21(27)14-20/h5-14,28H,1-4H3.